The second kappa shape index (κ2) is 9.60. The Labute approximate surface area is 207 Å². The molecule has 1 fully saturated rings. The molecule has 2 aliphatic heterocycles. The highest BCUT2D eigenvalue weighted by atomic mass is 32.1. The first-order valence-corrected chi connectivity index (χ1v) is 13.4. The predicted molar refractivity (Wildman–Crippen MR) is 141 cm³/mol. The van der Waals surface area contributed by atoms with Crippen LogP contribution < -0.4 is 4.74 Å². The zero-order valence-electron chi connectivity index (χ0n) is 20.9. The van der Waals surface area contributed by atoms with Gasteiger partial charge in [-0.05, 0) is 53.5 Å². The van der Waals surface area contributed by atoms with Gasteiger partial charge in [0.15, 0.2) is 0 Å². The highest BCUT2D eigenvalue weighted by Crippen LogP contribution is 2.46. The molecule has 0 amide bonds. The number of benzene rings is 2. The van der Waals surface area contributed by atoms with E-state index in [0.717, 1.165) is 38.3 Å². The van der Waals surface area contributed by atoms with Crippen LogP contribution in [0.3, 0.4) is 0 Å². The maximum Gasteiger partial charge on any atom is 0.119 e. The normalized spacial score (nSPS) is 22.0. The van der Waals surface area contributed by atoms with Crippen molar-refractivity contribution in [1.82, 2.24) is 9.80 Å². The van der Waals surface area contributed by atoms with Crippen LogP contribution >= 0.6 is 11.3 Å². The molecule has 5 heteroatoms. The van der Waals surface area contributed by atoms with E-state index in [2.05, 4.69) is 86.0 Å². The molecule has 3 heterocycles. The monoisotopic (exact) mass is 480 g/mol. The summed E-state index contributed by atoms with van der Waals surface area (Å²) < 4.78 is 20.1. The summed E-state index contributed by atoms with van der Waals surface area (Å²) in [5.74, 6) is 1.14. The summed E-state index contributed by atoms with van der Waals surface area (Å²) in [7, 11) is 0. The van der Waals surface area contributed by atoms with Gasteiger partial charge in [0.05, 0.1) is 12.7 Å². The molecular formula is C29H37FN2OS. The largest absolute Gasteiger partial charge is 0.492 e. The molecule has 2 aliphatic rings. The number of ether oxygens (including phenoxy) is 1. The third-order valence-electron chi connectivity index (χ3n) is 7.14. The van der Waals surface area contributed by atoms with E-state index in [0.29, 0.717) is 12.6 Å². The van der Waals surface area contributed by atoms with Crippen LogP contribution in [0.25, 0.3) is 10.1 Å². The first-order chi connectivity index (χ1) is 16.3. The Bertz CT molecular complexity index is 1110. The van der Waals surface area contributed by atoms with Crippen molar-refractivity contribution in [2.45, 2.75) is 46.2 Å². The summed E-state index contributed by atoms with van der Waals surface area (Å²) >= 11 is 1.97. The molecule has 0 saturated carbocycles. The van der Waals surface area contributed by atoms with Crippen LogP contribution in [0.5, 0.6) is 5.75 Å². The van der Waals surface area contributed by atoms with Gasteiger partial charge in [0.2, 0.25) is 0 Å². The number of rotatable bonds is 7. The number of likely N-dealkylation sites (tertiary alicyclic amines) is 1. The fourth-order valence-electron chi connectivity index (χ4n) is 5.52. The summed E-state index contributed by atoms with van der Waals surface area (Å²) in [6, 6.07) is 18.4. The van der Waals surface area contributed by atoms with Gasteiger partial charge in [-0.3, -0.25) is 14.2 Å². The second-order valence-electron chi connectivity index (χ2n) is 11.3. The molecule has 0 unspecified atom stereocenters. The molecule has 2 aromatic carbocycles. The summed E-state index contributed by atoms with van der Waals surface area (Å²) in [4.78, 5) is 6.50. The summed E-state index contributed by atoms with van der Waals surface area (Å²) in [5.41, 5.74) is 3.05. The van der Waals surface area contributed by atoms with Crippen molar-refractivity contribution in [3.05, 3.63) is 64.5 Å². The van der Waals surface area contributed by atoms with Gasteiger partial charge in [-0.2, -0.15) is 0 Å². The van der Waals surface area contributed by atoms with Crippen molar-refractivity contribution in [2.75, 3.05) is 39.5 Å². The van der Waals surface area contributed by atoms with Crippen LogP contribution in [0.2, 0.25) is 0 Å². The van der Waals surface area contributed by atoms with Crippen molar-refractivity contribution in [3.63, 3.8) is 0 Å². The highest BCUT2D eigenvalue weighted by Gasteiger charge is 2.37. The second-order valence-corrected chi connectivity index (χ2v) is 12.5. The minimum Gasteiger partial charge on any atom is -0.492 e. The van der Waals surface area contributed by atoms with Crippen molar-refractivity contribution in [2.24, 2.45) is 11.3 Å². The van der Waals surface area contributed by atoms with E-state index in [-0.39, 0.29) is 24.0 Å². The third-order valence-corrected chi connectivity index (χ3v) is 8.35. The maximum absolute atomic E-state index is 12.6. The molecule has 0 radical (unpaired) electrons. The molecule has 1 aromatic heterocycles. The van der Waals surface area contributed by atoms with Crippen LogP contribution in [0.1, 0.15) is 49.7 Å². The molecule has 1 saturated heterocycles. The van der Waals surface area contributed by atoms with E-state index in [1.165, 1.54) is 26.1 Å². The fourth-order valence-corrected chi connectivity index (χ4v) is 6.88. The lowest BCUT2D eigenvalue weighted by Crippen LogP contribution is -2.49. The molecule has 34 heavy (non-hydrogen) atoms. The average molecular weight is 481 g/mol. The smallest absolute Gasteiger partial charge is 0.119 e. The van der Waals surface area contributed by atoms with Crippen molar-refractivity contribution in [1.29, 1.82) is 0 Å². The van der Waals surface area contributed by atoms with Gasteiger partial charge in [-0.25, -0.2) is 0 Å². The Morgan fingerprint density at radius 1 is 1.06 bits per heavy atom. The van der Waals surface area contributed by atoms with Gasteiger partial charge >= 0.3 is 0 Å². The molecular weight excluding hydrogens is 443 g/mol. The fraction of sp³-hybridized carbons (Fsp3) is 0.517. The first kappa shape index (κ1) is 23.8. The number of thiophene rings is 1. The molecule has 0 aliphatic carbocycles. The number of hydrogen-bond donors (Lipinski definition) is 0. The number of nitrogens with zero attached hydrogens (tertiary/aromatic N) is 2. The summed E-state index contributed by atoms with van der Waals surface area (Å²) in [6.45, 7) is 13.5. The Morgan fingerprint density at radius 2 is 1.79 bits per heavy atom. The van der Waals surface area contributed by atoms with E-state index in [1.54, 1.807) is 0 Å². The topological polar surface area (TPSA) is 15.7 Å². The number of halogens is 1. The number of alkyl halides is 1. The van der Waals surface area contributed by atoms with Crippen molar-refractivity contribution in [3.8, 4) is 5.75 Å². The van der Waals surface area contributed by atoms with Gasteiger partial charge < -0.3 is 4.74 Å². The molecule has 0 N–H and O–H groups in total. The van der Waals surface area contributed by atoms with Crippen molar-refractivity contribution >= 4 is 21.4 Å². The van der Waals surface area contributed by atoms with Gasteiger partial charge in [-0.1, -0.05) is 51.1 Å². The van der Waals surface area contributed by atoms with Gasteiger partial charge in [0.25, 0.3) is 0 Å². The lowest BCUT2D eigenvalue weighted by atomic mass is 9.85. The molecule has 2 atom stereocenters. The van der Waals surface area contributed by atoms with E-state index in [4.69, 9.17) is 4.74 Å². The molecule has 3 nitrogen and oxygen atoms in total. The van der Waals surface area contributed by atoms with Gasteiger partial charge in [0.1, 0.15) is 12.4 Å². The third kappa shape index (κ3) is 4.89. The van der Waals surface area contributed by atoms with Crippen LogP contribution in [0.4, 0.5) is 4.39 Å². The minimum atomic E-state index is -0.202. The van der Waals surface area contributed by atoms with Crippen LogP contribution in [0.15, 0.2) is 48.5 Å². The zero-order valence-corrected chi connectivity index (χ0v) is 21.7. The molecule has 3 aromatic rings. The quantitative estimate of drug-likeness (QED) is 0.381. The molecule has 0 bridgehead atoms. The average Bonchev–Trinajstić information content (AvgIpc) is 3.13. The first-order valence-electron chi connectivity index (χ1n) is 12.6. The Balaban J connectivity index is 1.39. The highest BCUT2D eigenvalue weighted by molar-refractivity contribution is 7.19. The Kier molecular flexibility index (Phi) is 6.71. The van der Waals surface area contributed by atoms with Gasteiger partial charge in [0, 0.05) is 47.7 Å². The van der Waals surface area contributed by atoms with Crippen LogP contribution in [-0.2, 0) is 6.42 Å². The minimum absolute atomic E-state index is 0.202. The van der Waals surface area contributed by atoms with Gasteiger partial charge in [-0.15, -0.1) is 11.3 Å². The molecule has 5 rings (SSSR count). The maximum atomic E-state index is 12.6. The standard InChI is InChI=1S/C29H37FN2OS/c1-20-15-26-27(24-7-5-6-8-25(24)34-26)28(32(20)19-29(2,3)4)22-9-11-23(12-10-22)33-14-13-31-17-21(16-30)18-31/h5-12,20-21,28H,13-19H2,1-4H3/t20-,28+/m0/s1. The molecule has 0 spiro atoms. The Hall–Kier alpha value is -1.95. The zero-order chi connectivity index (χ0) is 23.9. The van der Waals surface area contributed by atoms with E-state index in [1.807, 2.05) is 11.3 Å². The number of hydrogen-bond acceptors (Lipinski definition) is 4. The van der Waals surface area contributed by atoms with E-state index < -0.39 is 0 Å². The van der Waals surface area contributed by atoms with Crippen LogP contribution in [-0.4, -0.2) is 55.3 Å². The number of fused-ring (bicyclic) bond motifs is 3. The van der Waals surface area contributed by atoms with Crippen molar-refractivity contribution < 1.29 is 9.13 Å². The summed E-state index contributed by atoms with van der Waals surface area (Å²) in [5, 5.41) is 1.40. The Morgan fingerprint density at radius 3 is 2.50 bits per heavy atom. The van der Waals surface area contributed by atoms with Crippen LogP contribution in [0, 0.1) is 11.3 Å². The molecule has 182 valence electrons. The SMILES string of the molecule is C[C@H]1Cc2sc3ccccc3c2[C@@H](c2ccc(OCCN3CC(CF)C3)cc2)N1CC(C)(C)C. The van der Waals surface area contributed by atoms with E-state index in [9.17, 15) is 4.39 Å². The summed E-state index contributed by atoms with van der Waals surface area (Å²) in [6.07, 6.45) is 1.11. The van der Waals surface area contributed by atoms with E-state index >= 15 is 0 Å². The lowest BCUT2D eigenvalue weighted by molar-refractivity contribution is 0.0668. The predicted octanol–water partition coefficient (Wildman–Crippen LogP) is 6.56. The lowest BCUT2D eigenvalue weighted by Gasteiger charge is -2.44.